The van der Waals surface area contributed by atoms with Crippen molar-refractivity contribution in [3.05, 3.63) is 59.4 Å². The first kappa shape index (κ1) is 19.4. The van der Waals surface area contributed by atoms with Crippen LogP contribution in [0.1, 0.15) is 26.3 Å². The van der Waals surface area contributed by atoms with Crippen LogP contribution in [0.5, 0.6) is 5.75 Å². The van der Waals surface area contributed by atoms with Crippen LogP contribution in [-0.4, -0.2) is 50.7 Å². The van der Waals surface area contributed by atoms with Crippen molar-refractivity contribution in [3.63, 3.8) is 0 Å². The van der Waals surface area contributed by atoms with E-state index in [-0.39, 0.29) is 11.8 Å². The lowest BCUT2D eigenvalue weighted by Gasteiger charge is -2.09. The van der Waals surface area contributed by atoms with E-state index in [1.807, 2.05) is 24.3 Å². The summed E-state index contributed by atoms with van der Waals surface area (Å²) in [6.45, 7) is 1.26. The summed E-state index contributed by atoms with van der Waals surface area (Å²) in [5.74, 6) is 0.218. The summed E-state index contributed by atoms with van der Waals surface area (Å²) in [6.07, 6.45) is 3.50. The second-order valence-corrected chi connectivity index (χ2v) is 5.53. The number of methoxy groups -OCH3 is 2. The Kier molecular flexibility index (Phi) is 7.57. The summed E-state index contributed by atoms with van der Waals surface area (Å²) in [6, 6.07) is 9.18. The Morgan fingerprint density at radius 3 is 2.31 bits per heavy atom. The van der Waals surface area contributed by atoms with Crippen LogP contribution in [0.25, 0.3) is 0 Å². The van der Waals surface area contributed by atoms with Crippen LogP contribution in [0, 0.1) is 0 Å². The molecule has 138 valence electrons. The van der Waals surface area contributed by atoms with Crippen LogP contribution >= 0.6 is 0 Å². The van der Waals surface area contributed by atoms with E-state index >= 15 is 0 Å². The number of hydrogen-bond donors (Lipinski definition) is 2. The average Bonchev–Trinajstić information content (AvgIpc) is 2.68. The molecule has 2 rings (SSSR count). The van der Waals surface area contributed by atoms with Crippen LogP contribution in [0.4, 0.5) is 0 Å². The predicted octanol–water partition coefficient (Wildman–Crippen LogP) is 1.44. The van der Waals surface area contributed by atoms with Gasteiger partial charge in [0.25, 0.3) is 11.8 Å². The van der Waals surface area contributed by atoms with Gasteiger partial charge in [-0.05, 0) is 24.1 Å². The van der Waals surface area contributed by atoms with Gasteiger partial charge in [-0.2, -0.15) is 0 Å². The molecule has 2 N–H and O–H groups in total. The molecule has 0 saturated heterocycles. The first-order chi connectivity index (χ1) is 12.7. The monoisotopic (exact) mass is 357 g/mol. The van der Waals surface area contributed by atoms with Gasteiger partial charge in [0.2, 0.25) is 0 Å². The van der Waals surface area contributed by atoms with Gasteiger partial charge >= 0.3 is 0 Å². The normalized spacial score (nSPS) is 10.2. The molecule has 26 heavy (non-hydrogen) atoms. The Morgan fingerprint density at radius 1 is 1.00 bits per heavy atom. The average molecular weight is 357 g/mol. The van der Waals surface area contributed by atoms with E-state index in [2.05, 4.69) is 15.6 Å². The van der Waals surface area contributed by atoms with Gasteiger partial charge in [-0.15, -0.1) is 0 Å². The van der Waals surface area contributed by atoms with E-state index in [1.54, 1.807) is 14.2 Å². The summed E-state index contributed by atoms with van der Waals surface area (Å²) >= 11 is 0. The summed E-state index contributed by atoms with van der Waals surface area (Å²) in [4.78, 5) is 28.3. The van der Waals surface area contributed by atoms with Crippen molar-refractivity contribution in [3.8, 4) is 5.75 Å². The molecule has 0 fully saturated rings. The van der Waals surface area contributed by atoms with Gasteiger partial charge in [-0.25, -0.2) is 0 Å². The Balaban J connectivity index is 1.91. The van der Waals surface area contributed by atoms with Gasteiger partial charge in [0.1, 0.15) is 5.75 Å². The fraction of sp³-hybridized carbons (Fsp3) is 0.316. The zero-order valence-corrected chi connectivity index (χ0v) is 15.0. The van der Waals surface area contributed by atoms with Crippen molar-refractivity contribution < 1.29 is 19.1 Å². The number of rotatable bonds is 9. The van der Waals surface area contributed by atoms with E-state index in [0.29, 0.717) is 37.2 Å². The number of aromatic nitrogens is 1. The maximum Gasteiger partial charge on any atom is 0.252 e. The molecule has 0 atom stereocenters. The highest BCUT2D eigenvalue weighted by Gasteiger charge is 2.11. The molecule has 1 aromatic carbocycles. The molecule has 0 aliphatic carbocycles. The molecule has 0 unspecified atom stereocenters. The predicted molar refractivity (Wildman–Crippen MR) is 97.5 cm³/mol. The first-order valence-corrected chi connectivity index (χ1v) is 8.28. The Bertz CT molecular complexity index is 749. The standard InChI is InChI=1S/C19H23N3O4/c1-25-10-9-22-19(24)16-11-15(12-20-13-16)18(23)21-8-7-14-5-3-4-6-17(14)26-2/h3-6,11-13H,7-10H2,1-2H3,(H,21,23)(H,22,24). The highest BCUT2D eigenvalue weighted by Crippen LogP contribution is 2.17. The lowest BCUT2D eigenvalue weighted by atomic mass is 10.1. The molecular weight excluding hydrogens is 334 g/mol. The van der Waals surface area contributed by atoms with Crippen molar-refractivity contribution in [1.29, 1.82) is 0 Å². The minimum atomic E-state index is -0.293. The Labute approximate surface area is 152 Å². The van der Waals surface area contributed by atoms with Gasteiger partial charge in [0.15, 0.2) is 0 Å². The fourth-order valence-electron chi connectivity index (χ4n) is 2.38. The molecule has 1 heterocycles. The Morgan fingerprint density at radius 2 is 1.65 bits per heavy atom. The maximum atomic E-state index is 12.3. The fourth-order valence-corrected chi connectivity index (χ4v) is 2.38. The van der Waals surface area contributed by atoms with Crippen LogP contribution in [0.3, 0.4) is 0 Å². The van der Waals surface area contributed by atoms with Crippen molar-refractivity contribution in [1.82, 2.24) is 15.6 Å². The zero-order valence-electron chi connectivity index (χ0n) is 15.0. The van der Waals surface area contributed by atoms with Crippen LogP contribution in [-0.2, 0) is 11.2 Å². The van der Waals surface area contributed by atoms with Crippen molar-refractivity contribution >= 4 is 11.8 Å². The van der Waals surface area contributed by atoms with Crippen LogP contribution in [0.2, 0.25) is 0 Å². The number of benzene rings is 1. The van der Waals surface area contributed by atoms with Gasteiger partial charge in [-0.1, -0.05) is 18.2 Å². The number of nitrogens with one attached hydrogen (secondary N) is 2. The minimum Gasteiger partial charge on any atom is -0.496 e. The molecule has 0 radical (unpaired) electrons. The summed E-state index contributed by atoms with van der Waals surface area (Å²) in [5, 5.41) is 5.52. The maximum absolute atomic E-state index is 12.3. The zero-order chi connectivity index (χ0) is 18.8. The van der Waals surface area contributed by atoms with Gasteiger partial charge in [-0.3, -0.25) is 14.6 Å². The molecule has 1 aromatic heterocycles. The van der Waals surface area contributed by atoms with E-state index < -0.39 is 0 Å². The quantitative estimate of drug-likeness (QED) is 0.663. The number of nitrogens with zero attached hydrogens (tertiary/aromatic N) is 1. The third-order valence-electron chi connectivity index (χ3n) is 3.73. The highest BCUT2D eigenvalue weighted by atomic mass is 16.5. The molecule has 2 amide bonds. The molecule has 0 aliphatic rings. The number of pyridine rings is 1. The molecule has 2 aromatic rings. The van der Waals surface area contributed by atoms with E-state index in [4.69, 9.17) is 9.47 Å². The molecule has 7 heteroatoms. The lowest BCUT2D eigenvalue weighted by molar-refractivity contribution is 0.0936. The minimum absolute atomic E-state index is 0.279. The summed E-state index contributed by atoms with van der Waals surface area (Å²) in [5.41, 5.74) is 1.68. The third-order valence-corrected chi connectivity index (χ3v) is 3.73. The number of carbonyl (C=O) groups excluding carboxylic acids is 2. The van der Waals surface area contributed by atoms with E-state index in [9.17, 15) is 9.59 Å². The number of carbonyl (C=O) groups is 2. The van der Waals surface area contributed by atoms with Gasteiger partial charge in [0, 0.05) is 32.6 Å². The number of para-hydroxylation sites is 1. The molecule has 0 bridgehead atoms. The number of ether oxygens (including phenoxy) is 2. The second-order valence-electron chi connectivity index (χ2n) is 5.53. The lowest BCUT2D eigenvalue weighted by Crippen LogP contribution is -2.28. The molecular formula is C19H23N3O4. The van der Waals surface area contributed by atoms with E-state index in [0.717, 1.165) is 11.3 Å². The summed E-state index contributed by atoms with van der Waals surface area (Å²) < 4.78 is 10.2. The molecule has 0 saturated carbocycles. The van der Waals surface area contributed by atoms with Crippen molar-refractivity contribution in [2.75, 3.05) is 33.9 Å². The smallest absolute Gasteiger partial charge is 0.252 e. The topological polar surface area (TPSA) is 89.5 Å². The first-order valence-electron chi connectivity index (χ1n) is 8.28. The largest absolute Gasteiger partial charge is 0.496 e. The Hall–Kier alpha value is -2.93. The number of amides is 2. The highest BCUT2D eigenvalue weighted by molar-refractivity contribution is 5.99. The SMILES string of the molecule is COCCNC(=O)c1cncc(C(=O)NCCc2ccccc2OC)c1. The van der Waals surface area contributed by atoms with Crippen LogP contribution < -0.4 is 15.4 Å². The third kappa shape index (κ3) is 5.56. The van der Waals surface area contributed by atoms with Crippen LogP contribution in [0.15, 0.2) is 42.7 Å². The summed E-state index contributed by atoms with van der Waals surface area (Å²) in [7, 11) is 3.18. The van der Waals surface area contributed by atoms with Crippen molar-refractivity contribution in [2.45, 2.75) is 6.42 Å². The second kappa shape index (κ2) is 10.1. The van der Waals surface area contributed by atoms with E-state index in [1.165, 1.54) is 18.5 Å². The van der Waals surface area contributed by atoms with Crippen molar-refractivity contribution in [2.24, 2.45) is 0 Å². The van der Waals surface area contributed by atoms with Gasteiger partial charge in [0.05, 0.1) is 24.8 Å². The molecule has 0 aliphatic heterocycles. The molecule has 7 nitrogen and oxygen atoms in total. The number of hydrogen-bond acceptors (Lipinski definition) is 5. The molecule has 0 spiro atoms. The van der Waals surface area contributed by atoms with Gasteiger partial charge < -0.3 is 20.1 Å².